The van der Waals surface area contributed by atoms with E-state index in [0.717, 1.165) is 11.3 Å². The van der Waals surface area contributed by atoms with E-state index in [4.69, 9.17) is 9.47 Å². The molecule has 2 N–H and O–H groups in total. The molecule has 12 heteroatoms. The topological polar surface area (TPSA) is 109 Å². The molecule has 6 rings (SSSR count). The van der Waals surface area contributed by atoms with Crippen LogP contribution in [0.1, 0.15) is 6.42 Å². The fourth-order valence-electron chi connectivity index (χ4n) is 4.93. The molecule has 1 aromatic carbocycles. The lowest BCUT2D eigenvalue weighted by molar-refractivity contribution is -0.113. The Bertz CT molecular complexity index is 1390. The summed E-state index contributed by atoms with van der Waals surface area (Å²) in [6.07, 6.45) is 1.29. The summed E-state index contributed by atoms with van der Waals surface area (Å²) in [4.78, 5) is 37.4. The first-order chi connectivity index (χ1) is 18.0. The van der Waals surface area contributed by atoms with Crippen LogP contribution in [0.4, 0.5) is 26.2 Å². The lowest BCUT2D eigenvalue weighted by Crippen LogP contribution is -2.39. The fourth-order valence-corrected chi connectivity index (χ4v) is 5.72. The summed E-state index contributed by atoms with van der Waals surface area (Å²) >= 11 is 1.48. The molecule has 0 radical (unpaired) electrons. The highest BCUT2D eigenvalue weighted by atomic mass is 32.2. The van der Waals surface area contributed by atoms with Gasteiger partial charge in [0.1, 0.15) is 17.3 Å². The fraction of sp³-hybridized carbons (Fsp3) is 0.360. The second-order valence-electron chi connectivity index (χ2n) is 9.15. The number of hydrogen-bond donors (Lipinski definition) is 2. The van der Waals surface area contributed by atoms with E-state index >= 15 is 0 Å². The van der Waals surface area contributed by atoms with Gasteiger partial charge in [0.2, 0.25) is 11.8 Å². The van der Waals surface area contributed by atoms with E-state index in [-0.39, 0.29) is 18.1 Å². The minimum Gasteiger partial charge on any atom is -0.481 e. The number of anilines is 3. The van der Waals surface area contributed by atoms with Crippen molar-refractivity contribution < 1.29 is 23.5 Å². The van der Waals surface area contributed by atoms with Crippen molar-refractivity contribution in [2.45, 2.75) is 23.5 Å². The molecule has 2 aromatic heterocycles. The van der Waals surface area contributed by atoms with Gasteiger partial charge in [-0.15, -0.1) is 11.8 Å². The number of cyclic esters (lactones) is 1. The van der Waals surface area contributed by atoms with Crippen LogP contribution in [0.25, 0.3) is 11.0 Å². The molecule has 2 atom stereocenters. The highest BCUT2D eigenvalue weighted by Crippen LogP contribution is 2.36. The Kier molecular flexibility index (Phi) is 6.21. The molecule has 2 fully saturated rings. The van der Waals surface area contributed by atoms with Gasteiger partial charge in [0, 0.05) is 42.3 Å². The summed E-state index contributed by atoms with van der Waals surface area (Å²) in [5.41, 5.74) is 2.89. The second kappa shape index (κ2) is 9.67. The van der Waals surface area contributed by atoms with Crippen LogP contribution in [0.3, 0.4) is 0 Å². The number of amides is 2. The zero-order valence-electron chi connectivity index (χ0n) is 20.1. The zero-order chi connectivity index (χ0) is 25.5. The molecule has 2 amide bonds. The molecule has 0 spiro atoms. The van der Waals surface area contributed by atoms with Crippen molar-refractivity contribution in [3.05, 3.63) is 42.3 Å². The minimum absolute atomic E-state index is 0.0547. The number of nitrogens with one attached hydrogen (secondary N) is 2. The molecular weight excluding hydrogens is 499 g/mol. The molecule has 0 saturated carbocycles. The van der Waals surface area contributed by atoms with Crippen molar-refractivity contribution >= 4 is 51.9 Å². The minimum atomic E-state index is -0.422. The van der Waals surface area contributed by atoms with Crippen LogP contribution < -0.4 is 25.2 Å². The molecule has 0 aliphatic carbocycles. The summed E-state index contributed by atoms with van der Waals surface area (Å²) in [7, 11) is 1.52. The van der Waals surface area contributed by atoms with Crippen LogP contribution in [0.5, 0.6) is 5.88 Å². The van der Waals surface area contributed by atoms with E-state index in [0.29, 0.717) is 65.9 Å². The van der Waals surface area contributed by atoms with Crippen molar-refractivity contribution in [1.29, 1.82) is 0 Å². The molecule has 0 bridgehead atoms. The normalized spacial score (nSPS) is 21.2. The Labute approximate surface area is 216 Å². The van der Waals surface area contributed by atoms with Gasteiger partial charge in [-0.1, -0.05) is 0 Å². The summed E-state index contributed by atoms with van der Waals surface area (Å²) in [5.74, 6) is 0.316. The van der Waals surface area contributed by atoms with Gasteiger partial charge in [-0.2, -0.15) is 0 Å². The first-order valence-corrected chi connectivity index (χ1v) is 13.0. The Morgan fingerprint density at radius 1 is 1.27 bits per heavy atom. The standard InChI is InChI=1S/C25H25FN6O4S/c1-35-22-5-3-18-23(30-22)24(17(26)10-28-18)31-7-6-14(11-31)27-9-16-12-32(25(34)36-16)15-2-4-20-19(8-15)29-21(33)13-37-20/h2-5,8,10,14,16,27H,6-7,9,11-13H2,1H3,(H,29,33)/t14-,16-/m0/s1. The highest BCUT2D eigenvalue weighted by Gasteiger charge is 2.34. The van der Waals surface area contributed by atoms with E-state index < -0.39 is 11.9 Å². The molecule has 3 aliphatic rings. The third kappa shape index (κ3) is 4.62. The van der Waals surface area contributed by atoms with Gasteiger partial charge in [0.05, 0.1) is 36.8 Å². The van der Waals surface area contributed by atoms with Gasteiger partial charge in [-0.05, 0) is 30.7 Å². The number of halogens is 1. The number of carbonyl (C=O) groups excluding carboxylic acids is 2. The average molecular weight is 525 g/mol. The Hall–Kier alpha value is -3.64. The summed E-state index contributed by atoms with van der Waals surface area (Å²) in [6, 6.07) is 9.15. The Morgan fingerprint density at radius 3 is 3.03 bits per heavy atom. The highest BCUT2D eigenvalue weighted by molar-refractivity contribution is 8.00. The van der Waals surface area contributed by atoms with E-state index in [9.17, 15) is 14.0 Å². The number of pyridine rings is 2. The number of aromatic nitrogens is 2. The van der Waals surface area contributed by atoms with Gasteiger partial charge in [0.15, 0.2) is 5.82 Å². The van der Waals surface area contributed by atoms with Gasteiger partial charge < -0.3 is 25.0 Å². The summed E-state index contributed by atoms with van der Waals surface area (Å²) in [5, 5.41) is 6.33. The number of rotatable bonds is 6. The Balaban J connectivity index is 1.09. The van der Waals surface area contributed by atoms with E-state index in [2.05, 4.69) is 20.6 Å². The lowest BCUT2D eigenvalue weighted by atomic mass is 10.2. The molecular formula is C25H25FN6O4S. The molecule has 192 valence electrons. The van der Waals surface area contributed by atoms with Gasteiger partial charge >= 0.3 is 6.09 Å². The number of methoxy groups -OCH3 is 1. The van der Waals surface area contributed by atoms with Crippen molar-refractivity contribution in [3.8, 4) is 5.88 Å². The number of carbonyl (C=O) groups is 2. The van der Waals surface area contributed by atoms with Crippen LogP contribution in [0.15, 0.2) is 41.4 Å². The number of thioether (sulfide) groups is 1. The van der Waals surface area contributed by atoms with E-state index in [1.807, 2.05) is 23.1 Å². The molecule has 0 unspecified atom stereocenters. The van der Waals surface area contributed by atoms with E-state index in [1.54, 1.807) is 17.0 Å². The molecule has 2 saturated heterocycles. The maximum atomic E-state index is 14.8. The van der Waals surface area contributed by atoms with Crippen LogP contribution in [-0.2, 0) is 9.53 Å². The first-order valence-electron chi connectivity index (χ1n) is 12.0. The number of ether oxygens (including phenoxy) is 2. The predicted octanol–water partition coefficient (Wildman–Crippen LogP) is 3.02. The zero-order valence-corrected chi connectivity index (χ0v) is 20.9. The molecule has 37 heavy (non-hydrogen) atoms. The van der Waals surface area contributed by atoms with Crippen LogP contribution in [0.2, 0.25) is 0 Å². The maximum Gasteiger partial charge on any atom is 0.414 e. The van der Waals surface area contributed by atoms with Gasteiger partial charge in [0.25, 0.3) is 0 Å². The maximum absolute atomic E-state index is 14.8. The average Bonchev–Trinajstić information content (AvgIpc) is 3.52. The van der Waals surface area contributed by atoms with Crippen molar-refractivity contribution in [3.63, 3.8) is 0 Å². The molecule has 10 nitrogen and oxygen atoms in total. The van der Waals surface area contributed by atoms with Crippen molar-refractivity contribution in [1.82, 2.24) is 15.3 Å². The third-order valence-corrected chi connectivity index (χ3v) is 7.82. The first kappa shape index (κ1) is 23.7. The largest absolute Gasteiger partial charge is 0.481 e. The smallest absolute Gasteiger partial charge is 0.414 e. The third-order valence-electron chi connectivity index (χ3n) is 6.75. The molecule has 3 aromatic rings. The van der Waals surface area contributed by atoms with Crippen molar-refractivity contribution in [2.24, 2.45) is 0 Å². The number of benzene rings is 1. The quantitative estimate of drug-likeness (QED) is 0.503. The van der Waals surface area contributed by atoms with Crippen LogP contribution in [-0.4, -0.2) is 73.2 Å². The van der Waals surface area contributed by atoms with Gasteiger partial charge in [-0.25, -0.2) is 14.2 Å². The van der Waals surface area contributed by atoms with Crippen LogP contribution in [0, 0.1) is 5.82 Å². The number of fused-ring (bicyclic) bond motifs is 2. The predicted molar refractivity (Wildman–Crippen MR) is 138 cm³/mol. The number of nitrogens with zero attached hydrogens (tertiary/aromatic N) is 4. The van der Waals surface area contributed by atoms with Gasteiger partial charge in [-0.3, -0.25) is 14.7 Å². The second-order valence-corrected chi connectivity index (χ2v) is 10.2. The number of hydrogen-bond acceptors (Lipinski definition) is 9. The summed E-state index contributed by atoms with van der Waals surface area (Å²) in [6.45, 7) is 2.11. The molecule has 5 heterocycles. The van der Waals surface area contributed by atoms with Crippen LogP contribution >= 0.6 is 11.8 Å². The van der Waals surface area contributed by atoms with E-state index in [1.165, 1.54) is 25.1 Å². The van der Waals surface area contributed by atoms with Crippen molar-refractivity contribution in [2.75, 3.05) is 54.2 Å². The molecule has 3 aliphatic heterocycles. The lowest BCUT2D eigenvalue weighted by Gasteiger charge is -2.21. The Morgan fingerprint density at radius 2 is 2.16 bits per heavy atom. The SMILES string of the molecule is COc1ccc2ncc(F)c(N3CC[C@H](NC[C@H]4CN(c5ccc6c(c5)NC(=O)CS6)C(=O)O4)C3)c2n1. The summed E-state index contributed by atoms with van der Waals surface area (Å²) < 4.78 is 25.7. The monoisotopic (exact) mass is 524 g/mol.